The Hall–Kier alpha value is -2.57. The monoisotopic (exact) mass is 433 g/mol. The number of fused-ring (bicyclic) bond motifs is 1. The number of hydrogen-bond donors (Lipinski definition) is 1. The van der Waals surface area contributed by atoms with E-state index in [2.05, 4.69) is 28.2 Å². The topological polar surface area (TPSA) is 54.9 Å². The van der Waals surface area contributed by atoms with Gasteiger partial charge in [-0.2, -0.15) is 0 Å². The molecular weight excluding hydrogens is 410 g/mol. The van der Waals surface area contributed by atoms with E-state index >= 15 is 0 Å². The number of nitrogens with zero attached hydrogens (tertiary/aromatic N) is 2. The smallest absolute Gasteiger partial charge is 0.251 e. The van der Waals surface area contributed by atoms with Crippen molar-refractivity contribution in [3.8, 4) is 21.1 Å². The van der Waals surface area contributed by atoms with Gasteiger partial charge >= 0.3 is 0 Å². The quantitative estimate of drug-likeness (QED) is 0.372. The van der Waals surface area contributed by atoms with Gasteiger partial charge in [-0.05, 0) is 53.9 Å². The SMILES string of the molecule is O=C(NC1CCCCCC1)c1ccc2nc(-c3cccs3)c(-c3cccs3)nc2c1. The molecule has 0 saturated heterocycles. The number of nitrogens with one attached hydrogen (secondary N) is 1. The molecule has 0 aliphatic heterocycles. The summed E-state index contributed by atoms with van der Waals surface area (Å²) in [7, 11) is 0. The van der Waals surface area contributed by atoms with Crippen molar-refractivity contribution in [1.29, 1.82) is 0 Å². The molecule has 6 heteroatoms. The highest BCUT2D eigenvalue weighted by Gasteiger charge is 2.18. The van der Waals surface area contributed by atoms with Crippen molar-refractivity contribution < 1.29 is 4.79 Å². The number of rotatable bonds is 4. The number of thiophene rings is 2. The first-order chi connectivity index (χ1) is 14.8. The summed E-state index contributed by atoms with van der Waals surface area (Å²) in [5.41, 5.74) is 4.00. The van der Waals surface area contributed by atoms with Crippen molar-refractivity contribution in [1.82, 2.24) is 15.3 Å². The molecule has 4 nitrogen and oxygen atoms in total. The Labute approximate surface area is 184 Å². The summed E-state index contributed by atoms with van der Waals surface area (Å²) in [4.78, 5) is 24.9. The average Bonchev–Trinajstić information content (AvgIpc) is 3.44. The van der Waals surface area contributed by atoms with Crippen molar-refractivity contribution >= 4 is 39.6 Å². The van der Waals surface area contributed by atoms with Gasteiger partial charge in [0.1, 0.15) is 11.4 Å². The standard InChI is InChI=1S/C24H23N3OS2/c28-24(25-17-7-3-1-2-4-8-17)16-11-12-18-19(15-16)27-23(21-10-6-14-30-21)22(26-18)20-9-5-13-29-20/h5-6,9-15,17H,1-4,7-8H2,(H,25,28). The van der Waals surface area contributed by atoms with Crippen LogP contribution in [0.2, 0.25) is 0 Å². The van der Waals surface area contributed by atoms with Gasteiger partial charge in [0.25, 0.3) is 5.91 Å². The van der Waals surface area contributed by atoms with E-state index < -0.39 is 0 Å². The third-order valence-corrected chi connectivity index (χ3v) is 7.38. The molecule has 3 heterocycles. The molecule has 1 fully saturated rings. The van der Waals surface area contributed by atoms with Gasteiger partial charge < -0.3 is 5.32 Å². The van der Waals surface area contributed by atoms with Gasteiger partial charge in [-0.1, -0.05) is 37.8 Å². The second kappa shape index (κ2) is 8.66. The van der Waals surface area contributed by atoms with Crippen molar-refractivity contribution in [3.63, 3.8) is 0 Å². The van der Waals surface area contributed by atoms with E-state index in [4.69, 9.17) is 9.97 Å². The highest BCUT2D eigenvalue weighted by Crippen LogP contribution is 2.35. The minimum absolute atomic E-state index is 0.00870. The minimum atomic E-state index is -0.00870. The van der Waals surface area contributed by atoms with E-state index in [0.29, 0.717) is 5.56 Å². The van der Waals surface area contributed by atoms with E-state index in [1.807, 2.05) is 30.3 Å². The van der Waals surface area contributed by atoms with Gasteiger partial charge in [-0.25, -0.2) is 9.97 Å². The zero-order chi connectivity index (χ0) is 20.3. The first-order valence-electron chi connectivity index (χ1n) is 10.5. The van der Waals surface area contributed by atoms with Crippen LogP contribution >= 0.6 is 22.7 Å². The Morgan fingerprint density at radius 2 is 1.47 bits per heavy atom. The molecule has 1 N–H and O–H groups in total. The second-order valence-corrected chi connectivity index (χ2v) is 9.64. The van der Waals surface area contributed by atoms with Crippen LogP contribution in [0.15, 0.2) is 53.2 Å². The Morgan fingerprint density at radius 1 is 0.833 bits per heavy atom. The van der Waals surface area contributed by atoms with Crippen LogP contribution in [0.3, 0.4) is 0 Å². The molecule has 152 valence electrons. The first kappa shape index (κ1) is 19.4. The molecule has 30 heavy (non-hydrogen) atoms. The Kier molecular flexibility index (Phi) is 5.60. The largest absolute Gasteiger partial charge is 0.349 e. The summed E-state index contributed by atoms with van der Waals surface area (Å²) in [5, 5.41) is 7.34. The summed E-state index contributed by atoms with van der Waals surface area (Å²) in [6.07, 6.45) is 7.09. The highest BCUT2D eigenvalue weighted by atomic mass is 32.1. The average molecular weight is 434 g/mol. The molecule has 1 aliphatic rings. The molecule has 1 aromatic carbocycles. The fourth-order valence-corrected chi connectivity index (χ4v) is 5.49. The summed E-state index contributed by atoms with van der Waals surface area (Å²) in [6, 6.07) is 14.2. The Bertz CT molecular complexity index is 1140. The van der Waals surface area contributed by atoms with Crippen LogP contribution in [-0.2, 0) is 0 Å². The summed E-state index contributed by atoms with van der Waals surface area (Å²) >= 11 is 3.32. The van der Waals surface area contributed by atoms with Gasteiger partial charge in [0.2, 0.25) is 0 Å². The van der Waals surface area contributed by atoms with E-state index in [1.165, 1.54) is 25.7 Å². The van der Waals surface area contributed by atoms with Crippen LogP contribution in [0.25, 0.3) is 32.2 Å². The summed E-state index contributed by atoms with van der Waals surface area (Å²) in [5.74, 6) is -0.00870. The number of hydrogen-bond acceptors (Lipinski definition) is 5. The van der Waals surface area contributed by atoms with Crippen molar-refractivity contribution in [3.05, 3.63) is 58.8 Å². The normalized spacial score (nSPS) is 15.2. The van der Waals surface area contributed by atoms with Crippen LogP contribution in [0.4, 0.5) is 0 Å². The van der Waals surface area contributed by atoms with Crippen molar-refractivity contribution in [2.75, 3.05) is 0 Å². The van der Waals surface area contributed by atoms with Crippen LogP contribution in [0.1, 0.15) is 48.9 Å². The second-order valence-electron chi connectivity index (χ2n) is 7.74. The first-order valence-corrected chi connectivity index (χ1v) is 12.2. The van der Waals surface area contributed by atoms with Gasteiger partial charge in [-0.15, -0.1) is 22.7 Å². The van der Waals surface area contributed by atoms with Gasteiger partial charge in [0.15, 0.2) is 0 Å². The lowest BCUT2D eigenvalue weighted by atomic mass is 10.1. The van der Waals surface area contributed by atoms with E-state index in [-0.39, 0.29) is 11.9 Å². The lowest BCUT2D eigenvalue weighted by Crippen LogP contribution is -2.34. The Balaban J connectivity index is 1.51. The van der Waals surface area contributed by atoms with Crippen molar-refractivity contribution in [2.45, 2.75) is 44.6 Å². The highest BCUT2D eigenvalue weighted by molar-refractivity contribution is 7.14. The molecule has 0 atom stereocenters. The molecule has 0 unspecified atom stereocenters. The number of benzene rings is 1. The van der Waals surface area contributed by atoms with Crippen LogP contribution in [0, 0.1) is 0 Å². The predicted octanol–water partition coefficient (Wildman–Crippen LogP) is 6.54. The summed E-state index contributed by atoms with van der Waals surface area (Å²) in [6.45, 7) is 0. The molecule has 0 spiro atoms. The molecule has 1 aliphatic carbocycles. The van der Waals surface area contributed by atoms with Crippen LogP contribution in [-0.4, -0.2) is 21.9 Å². The number of carbonyl (C=O) groups is 1. The third-order valence-electron chi connectivity index (χ3n) is 5.63. The predicted molar refractivity (Wildman–Crippen MR) is 125 cm³/mol. The van der Waals surface area contributed by atoms with E-state index in [0.717, 1.165) is 45.0 Å². The number of aromatic nitrogens is 2. The maximum Gasteiger partial charge on any atom is 0.251 e. The van der Waals surface area contributed by atoms with E-state index in [9.17, 15) is 4.79 Å². The molecule has 1 amide bonds. The lowest BCUT2D eigenvalue weighted by molar-refractivity contribution is 0.0933. The maximum absolute atomic E-state index is 12.9. The van der Waals surface area contributed by atoms with Gasteiger partial charge in [0, 0.05) is 11.6 Å². The molecule has 0 bridgehead atoms. The molecule has 1 saturated carbocycles. The zero-order valence-electron chi connectivity index (χ0n) is 16.6. The fraction of sp³-hybridized carbons (Fsp3) is 0.292. The molecule has 0 radical (unpaired) electrons. The molecular formula is C24H23N3OS2. The van der Waals surface area contributed by atoms with Gasteiger partial charge in [-0.3, -0.25) is 4.79 Å². The maximum atomic E-state index is 12.9. The zero-order valence-corrected chi connectivity index (χ0v) is 18.3. The molecule has 5 rings (SSSR count). The fourth-order valence-electron chi connectivity index (χ4n) is 4.06. The van der Waals surface area contributed by atoms with Crippen molar-refractivity contribution in [2.24, 2.45) is 0 Å². The number of carbonyl (C=O) groups excluding carboxylic acids is 1. The van der Waals surface area contributed by atoms with E-state index in [1.54, 1.807) is 22.7 Å². The molecule has 4 aromatic rings. The van der Waals surface area contributed by atoms with Gasteiger partial charge in [0.05, 0.1) is 20.8 Å². The summed E-state index contributed by atoms with van der Waals surface area (Å²) < 4.78 is 0. The number of amides is 1. The van der Waals surface area contributed by atoms with Crippen LogP contribution < -0.4 is 5.32 Å². The van der Waals surface area contributed by atoms with Crippen LogP contribution in [0.5, 0.6) is 0 Å². The Morgan fingerprint density at radius 3 is 2.07 bits per heavy atom. The third kappa shape index (κ3) is 4.02. The molecule has 3 aromatic heterocycles. The minimum Gasteiger partial charge on any atom is -0.349 e. The lowest BCUT2D eigenvalue weighted by Gasteiger charge is -2.16.